The first kappa shape index (κ1) is 19.1. The molecule has 2 nitrogen and oxygen atoms in total. The Hall–Kier alpha value is 0.137. The Kier molecular flexibility index (Phi) is 10.0. The fourth-order valence-electron chi connectivity index (χ4n) is 3.33. The lowest BCUT2D eigenvalue weighted by atomic mass is 10.2. The van der Waals surface area contributed by atoms with E-state index in [4.69, 9.17) is 4.53 Å². The predicted molar refractivity (Wildman–Crippen MR) is 88.9 cm³/mol. The standard InChI is InChI=1S/C16H37NOSi/c1-8-9-10-11-12-13-17-18-19(14(2)3,15(4)5)16(6)7/h14-17H,8-13H2,1-7H3. The van der Waals surface area contributed by atoms with Gasteiger partial charge in [-0.2, -0.15) is 0 Å². The van der Waals surface area contributed by atoms with Crippen LogP contribution in [-0.4, -0.2) is 14.9 Å². The minimum atomic E-state index is -1.71. The molecule has 19 heavy (non-hydrogen) atoms. The van der Waals surface area contributed by atoms with Crippen molar-refractivity contribution in [3.8, 4) is 0 Å². The van der Waals surface area contributed by atoms with Crippen molar-refractivity contribution in [3.05, 3.63) is 0 Å². The summed E-state index contributed by atoms with van der Waals surface area (Å²) < 4.78 is 6.31. The first-order valence-electron chi connectivity index (χ1n) is 8.30. The first-order chi connectivity index (χ1) is 8.89. The summed E-state index contributed by atoms with van der Waals surface area (Å²) in [4.78, 5) is 0. The van der Waals surface area contributed by atoms with Crippen LogP contribution >= 0.6 is 0 Å². The zero-order chi connectivity index (χ0) is 14.9. The molecule has 0 bridgehead atoms. The van der Waals surface area contributed by atoms with Crippen molar-refractivity contribution in [2.75, 3.05) is 6.54 Å². The summed E-state index contributed by atoms with van der Waals surface area (Å²) in [5.41, 5.74) is 5.27. The topological polar surface area (TPSA) is 21.3 Å². The van der Waals surface area contributed by atoms with Gasteiger partial charge < -0.3 is 4.53 Å². The van der Waals surface area contributed by atoms with Crippen LogP contribution in [0, 0.1) is 0 Å². The van der Waals surface area contributed by atoms with Gasteiger partial charge in [0, 0.05) is 6.54 Å². The molecule has 0 fully saturated rings. The molecule has 0 atom stereocenters. The van der Waals surface area contributed by atoms with Crippen LogP contribution in [0.2, 0.25) is 16.6 Å². The number of nitrogens with one attached hydrogen (secondary N) is 1. The van der Waals surface area contributed by atoms with E-state index < -0.39 is 8.32 Å². The lowest BCUT2D eigenvalue weighted by Gasteiger charge is -2.41. The summed E-state index contributed by atoms with van der Waals surface area (Å²) in [5.74, 6) is 0. The number of unbranched alkanes of at least 4 members (excludes halogenated alkanes) is 4. The molecule has 0 aromatic rings. The molecular formula is C16H37NOSi. The molecule has 0 radical (unpaired) electrons. The molecule has 0 rings (SSSR count). The van der Waals surface area contributed by atoms with Crippen LogP contribution in [-0.2, 0) is 4.53 Å². The van der Waals surface area contributed by atoms with Crippen LogP contribution in [0.5, 0.6) is 0 Å². The largest absolute Gasteiger partial charge is 0.344 e. The highest BCUT2D eigenvalue weighted by molar-refractivity contribution is 6.77. The highest BCUT2D eigenvalue weighted by atomic mass is 28.4. The van der Waals surface area contributed by atoms with E-state index in [1.165, 1.54) is 32.1 Å². The van der Waals surface area contributed by atoms with Crippen molar-refractivity contribution in [1.29, 1.82) is 0 Å². The van der Waals surface area contributed by atoms with Crippen LogP contribution in [0.4, 0.5) is 0 Å². The van der Waals surface area contributed by atoms with Gasteiger partial charge in [0.05, 0.1) is 0 Å². The molecule has 0 saturated heterocycles. The Morgan fingerprint density at radius 1 is 0.789 bits per heavy atom. The van der Waals surface area contributed by atoms with E-state index in [0.29, 0.717) is 16.6 Å². The van der Waals surface area contributed by atoms with Gasteiger partial charge in [-0.25, -0.2) is 5.48 Å². The van der Waals surface area contributed by atoms with E-state index in [1.807, 2.05) is 0 Å². The van der Waals surface area contributed by atoms with Gasteiger partial charge in [-0.3, -0.25) is 0 Å². The quantitative estimate of drug-likeness (QED) is 0.301. The van der Waals surface area contributed by atoms with E-state index >= 15 is 0 Å². The normalized spacial score (nSPS) is 12.9. The highest BCUT2D eigenvalue weighted by Crippen LogP contribution is 2.41. The maximum absolute atomic E-state index is 6.31. The predicted octanol–water partition coefficient (Wildman–Crippen LogP) is 5.65. The fourth-order valence-corrected chi connectivity index (χ4v) is 8.39. The second-order valence-electron chi connectivity index (χ2n) is 6.73. The van der Waals surface area contributed by atoms with E-state index in [0.717, 1.165) is 6.54 Å². The zero-order valence-corrected chi connectivity index (χ0v) is 15.4. The van der Waals surface area contributed by atoms with Crippen LogP contribution in [0.3, 0.4) is 0 Å². The number of hydroxylamine groups is 1. The second kappa shape index (κ2) is 9.95. The molecule has 0 spiro atoms. The molecule has 0 amide bonds. The van der Waals surface area contributed by atoms with Gasteiger partial charge in [-0.05, 0) is 23.0 Å². The van der Waals surface area contributed by atoms with Gasteiger partial charge in [-0.15, -0.1) is 0 Å². The van der Waals surface area contributed by atoms with Gasteiger partial charge in [0.2, 0.25) is 8.32 Å². The SMILES string of the molecule is CCCCCCCNO[Si](C(C)C)(C(C)C)C(C)C. The minimum Gasteiger partial charge on any atom is -0.344 e. The summed E-state index contributed by atoms with van der Waals surface area (Å²) in [6.45, 7) is 17.2. The Balaban J connectivity index is 4.14. The van der Waals surface area contributed by atoms with Crippen LogP contribution in [0.25, 0.3) is 0 Å². The Labute approximate surface area is 122 Å². The van der Waals surface area contributed by atoms with Crippen LogP contribution < -0.4 is 5.48 Å². The smallest absolute Gasteiger partial charge is 0.228 e. The summed E-state index contributed by atoms with van der Waals surface area (Å²) in [5, 5.41) is 0. The maximum atomic E-state index is 6.31. The molecule has 0 aliphatic carbocycles. The van der Waals surface area contributed by atoms with Crippen LogP contribution in [0.15, 0.2) is 0 Å². The zero-order valence-electron chi connectivity index (χ0n) is 14.4. The molecule has 1 N–H and O–H groups in total. The number of rotatable bonds is 11. The molecule has 0 unspecified atom stereocenters. The monoisotopic (exact) mass is 287 g/mol. The summed E-state index contributed by atoms with van der Waals surface area (Å²) in [6, 6.07) is 0. The molecule has 3 heteroatoms. The minimum absolute atomic E-state index is 0.653. The number of hydrogen-bond donors (Lipinski definition) is 1. The van der Waals surface area contributed by atoms with Gasteiger partial charge >= 0.3 is 0 Å². The molecule has 0 aromatic carbocycles. The summed E-state index contributed by atoms with van der Waals surface area (Å²) >= 11 is 0. The summed E-state index contributed by atoms with van der Waals surface area (Å²) in [7, 11) is -1.71. The van der Waals surface area contributed by atoms with Crippen molar-refractivity contribution in [3.63, 3.8) is 0 Å². The molecule has 0 aliphatic heterocycles. The van der Waals surface area contributed by atoms with E-state index in [1.54, 1.807) is 0 Å². The van der Waals surface area contributed by atoms with Crippen molar-refractivity contribution < 1.29 is 4.53 Å². The van der Waals surface area contributed by atoms with Gasteiger partial charge in [0.25, 0.3) is 0 Å². The Bertz CT molecular complexity index is 195. The first-order valence-corrected chi connectivity index (χ1v) is 10.4. The fraction of sp³-hybridized carbons (Fsp3) is 1.00. The van der Waals surface area contributed by atoms with Gasteiger partial charge in [0.1, 0.15) is 0 Å². The molecule has 116 valence electrons. The molecule has 0 aliphatic rings. The molecular weight excluding hydrogens is 250 g/mol. The average Bonchev–Trinajstić information content (AvgIpc) is 2.31. The van der Waals surface area contributed by atoms with E-state index in [-0.39, 0.29) is 0 Å². The van der Waals surface area contributed by atoms with Crippen molar-refractivity contribution >= 4 is 8.32 Å². The second-order valence-corrected chi connectivity index (χ2v) is 12.1. The lowest BCUT2D eigenvalue weighted by Crippen LogP contribution is -2.51. The van der Waals surface area contributed by atoms with Crippen molar-refractivity contribution in [2.24, 2.45) is 0 Å². The molecule has 0 heterocycles. The molecule has 0 aromatic heterocycles. The van der Waals surface area contributed by atoms with Gasteiger partial charge in [-0.1, -0.05) is 74.1 Å². The van der Waals surface area contributed by atoms with Crippen molar-refractivity contribution in [1.82, 2.24) is 5.48 Å². The van der Waals surface area contributed by atoms with Crippen LogP contribution in [0.1, 0.15) is 80.6 Å². The maximum Gasteiger partial charge on any atom is 0.228 e. The molecule has 0 saturated carbocycles. The van der Waals surface area contributed by atoms with E-state index in [9.17, 15) is 0 Å². The Morgan fingerprint density at radius 2 is 1.26 bits per heavy atom. The Morgan fingerprint density at radius 3 is 1.68 bits per heavy atom. The summed E-state index contributed by atoms with van der Waals surface area (Å²) in [6.07, 6.45) is 6.60. The van der Waals surface area contributed by atoms with Gasteiger partial charge in [0.15, 0.2) is 0 Å². The van der Waals surface area contributed by atoms with Crippen molar-refractivity contribution in [2.45, 2.75) is 97.2 Å². The third-order valence-corrected chi connectivity index (χ3v) is 10.3. The highest BCUT2D eigenvalue weighted by Gasteiger charge is 2.45. The lowest BCUT2D eigenvalue weighted by molar-refractivity contribution is 0.163. The third-order valence-electron chi connectivity index (χ3n) is 4.34. The van der Waals surface area contributed by atoms with E-state index in [2.05, 4.69) is 53.9 Å². The number of hydrogen-bond acceptors (Lipinski definition) is 2. The average molecular weight is 288 g/mol. The third kappa shape index (κ3) is 5.97.